The molecular weight excluding hydrogens is 269 g/mol. The Kier molecular flexibility index (Phi) is 3.33. The van der Waals surface area contributed by atoms with E-state index in [1.807, 2.05) is 0 Å². The molecule has 0 bridgehead atoms. The van der Waals surface area contributed by atoms with Crippen molar-refractivity contribution in [1.82, 2.24) is 0 Å². The van der Waals surface area contributed by atoms with E-state index in [9.17, 15) is 20.2 Å². The van der Waals surface area contributed by atoms with Crippen molar-refractivity contribution in [3.63, 3.8) is 0 Å². The Hall–Kier alpha value is -1.97. The van der Waals surface area contributed by atoms with E-state index in [0.717, 1.165) is 12.1 Å². The standard InChI is InChI=1S/C7H3N3O4Se/c8-4-15-7-5(9(11)12)2-1-3-6(7)10(13)14/h1-3H. The van der Waals surface area contributed by atoms with Gasteiger partial charge < -0.3 is 0 Å². The molecular formula is C7H3N3O4Se. The number of hydrogen-bond donors (Lipinski definition) is 0. The van der Waals surface area contributed by atoms with Gasteiger partial charge in [-0.2, -0.15) is 0 Å². The van der Waals surface area contributed by atoms with Gasteiger partial charge in [-0.1, -0.05) is 0 Å². The van der Waals surface area contributed by atoms with Crippen LogP contribution < -0.4 is 4.46 Å². The van der Waals surface area contributed by atoms with E-state index >= 15 is 0 Å². The van der Waals surface area contributed by atoms with Crippen LogP contribution in [0.1, 0.15) is 0 Å². The molecule has 0 saturated heterocycles. The first-order valence-corrected chi connectivity index (χ1v) is 5.27. The Bertz CT molecular complexity index is 436. The molecule has 1 aromatic rings. The van der Waals surface area contributed by atoms with E-state index in [1.54, 1.807) is 4.97 Å². The molecule has 1 aromatic carbocycles. The second-order valence-corrected chi connectivity index (χ2v) is 4.00. The summed E-state index contributed by atoms with van der Waals surface area (Å²) in [6.07, 6.45) is 0. The molecule has 0 aliphatic heterocycles. The van der Waals surface area contributed by atoms with Crippen LogP contribution in [0.15, 0.2) is 18.2 Å². The number of nitro benzene ring substituents is 2. The zero-order valence-corrected chi connectivity index (χ0v) is 8.83. The van der Waals surface area contributed by atoms with E-state index in [2.05, 4.69) is 0 Å². The van der Waals surface area contributed by atoms with Gasteiger partial charge in [-0.3, -0.25) is 0 Å². The fraction of sp³-hybridized carbons (Fsp3) is 0. The summed E-state index contributed by atoms with van der Waals surface area (Å²) in [7, 11) is 0. The fourth-order valence-electron chi connectivity index (χ4n) is 0.951. The van der Waals surface area contributed by atoms with E-state index in [4.69, 9.17) is 5.26 Å². The second-order valence-electron chi connectivity index (χ2n) is 2.33. The van der Waals surface area contributed by atoms with E-state index in [1.165, 1.54) is 6.07 Å². The Morgan fingerprint density at radius 2 is 1.67 bits per heavy atom. The summed E-state index contributed by atoms with van der Waals surface area (Å²) in [5.74, 6) is 0. The summed E-state index contributed by atoms with van der Waals surface area (Å²) >= 11 is -0.925. The number of nitriles is 1. The molecule has 1 rings (SSSR count). The van der Waals surface area contributed by atoms with E-state index in [0.29, 0.717) is 0 Å². The Morgan fingerprint density at radius 3 is 2.00 bits per heavy atom. The fourth-order valence-corrected chi connectivity index (χ4v) is 2.18. The molecule has 8 heteroatoms. The van der Waals surface area contributed by atoms with Gasteiger partial charge in [0.25, 0.3) is 0 Å². The number of rotatable bonds is 3. The average Bonchev–Trinajstić information content (AvgIpc) is 2.17. The second kappa shape index (κ2) is 4.50. The predicted molar refractivity (Wildman–Crippen MR) is 50.8 cm³/mol. The molecule has 0 heterocycles. The summed E-state index contributed by atoms with van der Waals surface area (Å²) in [5, 5.41) is 29.6. The van der Waals surface area contributed by atoms with E-state index in [-0.39, 0.29) is 15.8 Å². The summed E-state index contributed by atoms with van der Waals surface area (Å²) in [6, 6.07) is 3.54. The molecule has 0 atom stereocenters. The van der Waals surface area contributed by atoms with Crippen LogP contribution in [0.25, 0.3) is 0 Å². The molecule has 0 spiro atoms. The van der Waals surface area contributed by atoms with Crippen molar-refractivity contribution in [2.24, 2.45) is 0 Å². The van der Waals surface area contributed by atoms with Crippen molar-refractivity contribution in [3.8, 4) is 4.97 Å². The van der Waals surface area contributed by atoms with Gasteiger partial charge in [-0.15, -0.1) is 0 Å². The zero-order chi connectivity index (χ0) is 11.4. The van der Waals surface area contributed by atoms with Crippen molar-refractivity contribution < 1.29 is 9.85 Å². The molecule has 0 saturated carbocycles. The number of nitro groups is 2. The van der Waals surface area contributed by atoms with Crippen LogP contribution in [0, 0.1) is 30.5 Å². The molecule has 0 aliphatic carbocycles. The van der Waals surface area contributed by atoms with E-state index < -0.39 is 24.8 Å². The van der Waals surface area contributed by atoms with Crippen LogP contribution in [0.5, 0.6) is 0 Å². The number of hydrogen-bond acceptors (Lipinski definition) is 5. The van der Waals surface area contributed by atoms with Crippen LogP contribution in [0.4, 0.5) is 11.4 Å². The normalized spacial score (nSPS) is 9.27. The van der Waals surface area contributed by atoms with Crippen LogP contribution in [0.3, 0.4) is 0 Å². The molecule has 0 N–H and O–H groups in total. The van der Waals surface area contributed by atoms with Gasteiger partial charge >= 0.3 is 89.3 Å². The van der Waals surface area contributed by atoms with Crippen molar-refractivity contribution in [1.29, 1.82) is 5.26 Å². The summed E-state index contributed by atoms with van der Waals surface area (Å²) in [4.78, 5) is 21.4. The Labute approximate surface area is 89.8 Å². The Morgan fingerprint density at radius 1 is 1.20 bits per heavy atom. The van der Waals surface area contributed by atoms with Crippen LogP contribution >= 0.6 is 0 Å². The maximum atomic E-state index is 10.6. The van der Waals surface area contributed by atoms with Gasteiger partial charge in [-0.25, -0.2) is 0 Å². The quantitative estimate of drug-likeness (QED) is 0.446. The van der Waals surface area contributed by atoms with Crippen molar-refractivity contribution in [2.45, 2.75) is 0 Å². The van der Waals surface area contributed by atoms with Crippen molar-refractivity contribution >= 4 is 30.8 Å². The first kappa shape index (κ1) is 11.1. The first-order valence-electron chi connectivity index (χ1n) is 3.55. The first-order chi connectivity index (χ1) is 7.07. The summed E-state index contributed by atoms with van der Waals surface area (Å²) in [6.45, 7) is 0. The minimum absolute atomic E-state index is 0.0949. The number of nitrogens with zero attached hydrogens (tertiary/aromatic N) is 3. The van der Waals surface area contributed by atoms with Crippen molar-refractivity contribution in [3.05, 3.63) is 38.4 Å². The monoisotopic (exact) mass is 273 g/mol. The predicted octanol–water partition coefficient (Wildman–Crippen LogP) is 0.314. The maximum absolute atomic E-state index is 10.6. The van der Waals surface area contributed by atoms with Crippen LogP contribution in [-0.2, 0) is 0 Å². The SMILES string of the molecule is N#C[Se]c1c([N+](=O)[O-])cccc1[N+](=O)[O-]. The van der Waals surface area contributed by atoms with Gasteiger partial charge in [-0.05, 0) is 0 Å². The van der Waals surface area contributed by atoms with Crippen molar-refractivity contribution in [2.75, 3.05) is 0 Å². The minimum atomic E-state index is -0.925. The third-order valence-corrected chi connectivity index (χ3v) is 3.01. The summed E-state index contributed by atoms with van der Waals surface area (Å²) < 4.78 is -0.0949. The molecule has 15 heavy (non-hydrogen) atoms. The molecule has 0 aromatic heterocycles. The molecule has 0 unspecified atom stereocenters. The topological polar surface area (TPSA) is 110 Å². The van der Waals surface area contributed by atoms with Crippen LogP contribution in [-0.4, -0.2) is 24.8 Å². The average molecular weight is 272 g/mol. The van der Waals surface area contributed by atoms with Gasteiger partial charge in [0.2, 0.25) is 0 Å². The molecule has 0 fully saturated rings. The third-order valence-electron chi connectivity index (χ3n) is 1.51. The van der Waals surface area contributed by atoms with Crippen LogP contribution in [0.2, 0.25) is 0 Å². The Balaban J connectivity index is 3.42. The number of benzene rings is 1. The zero-order valence-electron chi connectivity index (χ0n) is 7.11. The molecule has 0 aliphatic rings. The molecule has 7 nitrogen and oxygen atoms in total. The van der Waals surface area contributed by atoms with Gasteiger partial charge in [0, 0.05) is 0 Å². The molecule has 0 radical (unpaired) electrons. The van der Waals surface area contributed by atoms with Gasteiger partial charge in [0.05, 0.1) is 0 Å². The molecule has 0 amide bonds. The third kappa shape index (κ3) is 2.28. The summed E-state index contributed by atoms with van der Waals surface area (Å²) in [5.41, 5.74) is -0.739. The molecule has 76 valence electrons. The van der Waals surface area contributed by atoms with Gasteiger partial charge in [0.1, 0.15) is 0 Å². The van der Waals surface area contributed by atoms with Gasteiger partial charge in [0.15, 0.2) is 0 Å².